The minimum Gasteiger partial charge on any atom is -0.376 e. The fourth-order valence-corrected chi connectivity index (χ4v) is 2.24. The maximum atomic E-state index is 14.0. The van der Waals surface area contributed by atoms with Crippen molar-refractivity contribution in [3.8, 4) is 0 Å². The molecular formula is C15H14FN3O2. The van der Waals surface area contributed by atoms with Crippen molar-refractivity contribution in [1.82, 2.24) is 15.3 Å². The number of rotatable bonds is 3. The molecule has 1 aromatic carbocycles. The van der Waals surface area contributed by atoms with Gasteiger partial charge in [-0.15, -0.1) is 0 Å². The number of carbonyl (C=O) groups excluding carboxylic acids is 1. The van der Waals surface area contributed by atoms with Gasteiger partial charge in [0.15, 0.2) is 0 Å². The van der Waals surface area contributed by atoms with Crippen molar-refractivity contribution in [3.63, 3.8) is 0 Å². The number of hydrogen-bond acceptors (Lipinski definition) is 4. The molecule has 1 N–H and O–H groups in total. The molecule has 0 unspecified atom stereocenters. The Hall–Kier alpha value is -2.34. The molecule has 0 bridgehead atoms. The monoisotopic (exact) mass is 287 g/mol. The van der Waals surface area contributed by atoms with Gasteiger partial charge in [-0.25, -0.2) is 9.37 Å². The number of aromatic nitrogens is 2. The number of nitrogens with one attached hydrogen (secondary N) is 1. The summed E-state index contributed by atoms with van der Waals surface area (Å²) in [6.45, 7) is 2.26. The highest BCUT2D eigenvalue weighted by Gasteiger charge is 2.43. The molecule has 2 heterocycles. The molecule has 1 fully saturated rings. The van der Waals surface area contributed by atoms with Crippen LogP contribution in [0.1, 0.15) is 21.7 Å². The van der Waals surface area contributed by atoms with Crippen molar-refractivity contribution in [2.45, 2.75) is 12.5 Å². The van der Waals surface area contributed by atoms with E-state index in [4.69, 9.17) is 4.74 Å². The molecule has 0 radical (unpaired) electrons. The van der Waals surface area contributed by atoms with Crippen LogP contribution in [0.2, 0.25) is 0 Å². The van der Waals surface area contributed by atoms with E-state index in [0.29, 0.717) is 5.56 Å². The van der Waals surface area contributed by atoms with Crippen LogP contribution in [0.4, 0.5) is 4.39 Å². The third kappa shape index (κ3) is 2.50. The molecule has 1 saturated heterocycles. The van der Waals surface area contributed by atoms with Crippen molar-refractivity contribution in [1.29, 1.82) is 0 Å². The zero-order valence-electron chi connectivity index (χ0n) is 11.5. The predicted octanol–water partition coefficient (Wildman–Crippen LogP) is 1.58. The number of halogens is 1. The van der Waals surface area contributed by atoms with E-state index in [0.717, 1.165) is 5.69 Å². The lowest BCUT2D eigenvalue weighted by atomic mass is 9.87. The van der Waals surface area contributed by atoms with Gasteiger partial charge in [0.2, 0.25) is 0 Å². The molecular weight excluding hydrogens is 273 g/mol. The SMILES string of the molecule is Cc1cnc(C(=O)NC2(c3ccccc3F)COC2)cn1. The highest BCUT2D eigenvalue weighted by Crippen LogP contribution is 2.31. The smallest absolute Gasteiger partial charge is 0.272 e. The summed E-state index contributed by atoms with van der Waals surface area (Å²) in [6.07, 6.45) is 2.92. The van der Waals surface area contributed by atoms with Crippen LogP contribution in [0.3, 0.4) is 0 Å². The molecule has 1 aliphatic rings. The van der Waals surface area contributed by atoms with E-state index in [1.807, 2.05) is 0 Å². The number of benzene rings is 1. The third-order valence-corrected chi connectivity index (χ3v) is 3.45. The number of ether oxygens (including phenoxy) is 1. The summed E-state index contributed by atoms with van der Waals surface area (Å²) in [5.41, 5.74) is 0.505. The van der Waals surface area contributed by atoms with Crippen molar-refractivity contribution in [2.75, 3.05) is 13.2 Å². The molecule has 5 nitrogen and oxygen atoms in total. The zero-order chi connectivity index (χ0) is 14.9. The average Bonchev–Trinajstić information content (AvgIpc) is 2.44. The quantitative estimate of drug-likeness (QED) is 0.931. The first-order valence-electron chi connectivity index (χ1n) is 6.55. The molecule has 1 aromatic heterocycles. The summed E-state index contributed by atoms with van der Waals surface area (Å²) in [4.78, 5) is 20.3. The summed E-state index contributed by atoms with van der Waals surface area (Å²) < 4.78 is 19.2. The van der Waals surface area contributed by atoms with Gasteiger partial charge in [0.1, 0.15) is 17.1 Å². The maximum Gasteiger partial charge on any atom is 0.272 e. The first-order chi connectivity index (χ1) is 10.1. The molecule has 0 atom stereocenters. The van der Waals surface area contributed by atoms with Crippen LogP contribution in [-0.2, 0) is 10.3 Å². The standard InChI is InChI=1S/C15H14FN3O2/c1-10-6-18-13(7-17-10)14(20)19-15(8-21-9-15)11-4-2-3-5-12(11)16/h2-7H,8-9H2,1H3,(H,19,20). The van der Waals surface area contributed by atoms with E-state index in [2.05, 4.69) is 15.3 Å². The van der Waals surface area contributed by atoms with Crippen molar-refractivity contribution in [2.24, 2.45) is 0 Å². The van der Waals surface area contributed by atoms with Crippen LogP contribution in [0, 0.1) is 12.7 Å². The third-order valence-electron chi connectivity index (χ3n) is 3.45. The summed E-state index contributed by atoms with van der Waals surface area (Å²) >= 11 is 0. The summed E-state index contributed by atoms with van der Waals surface area (Å²) in [7, 11) is 0. The van der Waals surface area contributed by atoms with Gasteiger partial charge in [-0.1, -0.05) is 18.2 Å². The number of carbonyl (C=O) groups is 1. The Labute approximate surface area is 121 Å². The molecule has 2 aromatic rings. The molecule has 0 saturated carbocycles. The Morgan fingerprint density at radius 3 is 2.62 bits per heavy atom. The van der Waals surface area contributed by atoms with Gasteiger partial charge in [-0.05, 0) is 13.0 Å². The Bertz CT molecular complexity index is 669. The molecule has 1 amide bonds. The highest BCUT2D eigenvalue weighted by atomic mass is 19.1. The Balaban J connectivity index is 1.86. The molecule has 3 rings (SSSR count). The fraction of sp³-hybridized carbons (Fsp3) is 0.267. The minimum atomic E-state index is -0.838. The Morgan fingerprint density at radius 2 is 2.05 bits per heavy atom. The first-order valence-corrected chi connectivity index (χ1v) is 6.55. The van der Waals surface area contributed by atoms with E-state index in [9.17, 15) is 9.18 Å². The lowest BCUT2D eigenvalue weighted by Gasteiger charge is -2.42. The normalized spacial score (nSPS) is 16.1. The highest BCUT2D eigenvalue weighted by molar-refractivity contribution is 5.92. The molecule has 108 valence electrons. The van der Waals surface area contributed by atoms with Gasteiger partial charge in [-0.3, -0.25) is 9.78 Å². The lowest BCUT2D eigenvalue weighted by Crippen LogP contribution is -2.59. The van der Waals surface area contributed by atoms with Gasteiger partial charge in [-0.2, -0.15) is 0 Å². The van der Waals surface area contributed by atoms with Crippen LogP contribution in [0.25, 0.3) is 0 Å². The van der Waals surface area contributed by atoms with Crippen LogP contribution in [0.5, 0.6) is 0 Å². The van der Waals surface area contributed by atoms with Gasteiger partial charge < -0.3 is 10.1 Å². The van der Waals surface area contributed by atoms with Crippen LogP contribution >= 0.6 is 0 Å². The fourth-order valence-electron chi connectivity index (χ4n) is 2.24. The predicted molar refractivity (Wildman–Crippen MR) is 73.1 cm³/mol. The zero-order valence-corrected chi connectivity index (χ0v) is 11.5. The molecule has 1 aliphatic heterocycles. The van der Waals surface area contributed by atoms with E-state index in [1.54, 1.807) is 25.1 Å². The van der Waals surface area contributed by atoms with Gasteiger partial charge in [0.05, 0.1) is 25.1 Å². The first kappa shape index (κ1) is 13.6. The second kappa shape index (κ2) is 5.21. The van der Waals surface area contributed by atoms with Gasteiger partial charge >= 0.3 is 0 Å². The van der Waals surface area contributed by atoms with E-state index >= 15 is 0 Å². The van der Waals surface area contributed by atoms with Crippen molar-refractivity contribution >= 4 is 5.91 Å². The Morgan fingerprint density at radius 1 is 1.29 bits per heavy atom. The van der Waals surface area contributed by atoms with Crippen molar-refractivity contribution < 1.29 is 13.9 Å². The molecule has 0 aliphatic carbocycles. The molecule has 0 spiro atoms. The van der Waals surface area contributed by atoms with Crippen LogP contribution < -0.4 is 5.32 Å². The topological polar surface area (TPSA) is 64.1 Å². The maximum absolute atomic E-state index is 14.0. The number of nitrogens with zero attached hydrogens (tertiary/aromatic N) is 2. The van der Waals surface area contributed by atoms with E-state index in [1.165, 1.54) is 18.5 Å². The average molecular weight is 287 g/mol. The van der Waals surface area contributed by atoms with Crippen molar-refractivity contribution in [3.05, 3.63) is 59.4 Å². The summed E-state index contributed by atoms with van der Waals surface area (Å²) in [5, 5.41) is 2.82. The lowest BCUT2D eigenvalue weighted by molar-refractivity contribution is -0.0749. The summed E-state index contributed by atoms with van der Waals surface area (Å²) in [5.74, 6) is -0.759. The number of aryl methyl sites for hydroxylation is 1. The Kier molecular flexibility index (Phi) is 3.39. The van der Waals surface area contributed by atoms with E-state index in [-0.39, 0.29) is 24.7 Å². The second-order valence-electron chi connectivity index (χ2n) is 5.05. The largest absolute Gasteiger partial charge is 0.376 e. The minimum absolute atomic E-state index is 0.197. The second-order valence-corrected chi connectivity index (χ2v) is 5.05. The van der Waals surface area contributed by atoms with Crippen LogP contribution in [-0.4, -0.2) is 29.1 Å². The molecule has 6 heteroatoms. The number of hydrogen-bond donors (Lipinski definition) is 1. The van der Waals surface area contributed by atoms with Gasteiger partial charge in [0.25, 0.3) is 5.91 Å². The van der Waals surface area contributed by atoms with Crippen LogP contribution in [0.15, 0.2) is 36.7 Å². The molecule has 21 heavy (non-hydrogen) atoms. The summed E-state index contributed by atoms with van der Waals surface area (Å²) in [6, 6.07) is 6.36. The van der Waals surface area contributed by atoms with Gasteiger partial charge in [0, 0.05) is 11.8 Å². The number of amides is 1. The van der Waals surface area contributed by atoms with E-state index < -0.39 is 11.4 Å².